The van der Waals surface area contributed by atoms with Gasteiger partial charge in [-0.15, -0.1) is 0 Å². The molecule has 0 radical (unpaired) electrons. The molecule has 2 N–H and O–H groups in total. The van der Waals surface area contributed by atoms with Crippen LogP contribution in [0.1, 0.15) is 19.3 Å². The first-order valence-corrected chi connectivity index (χ1v) is 7.32. The highest BCUT2D eigenvalue weighted by molar-refractivity contribution is 5.78. The molecule has 0 unspecified atom stereocenters. The zero-order valence-corrected chi connectivity index (χ0v) is 13.2. The van der Waals surface area contributed by atoms with Crippen LogP contribution in [-0.2, 0) is 9.53 Å². The van der Waals surface area contributed by atoms with E-state index in [1.165, 1.54) is 0 Å². The maximum absolute atomic E-state index is 12.0. The van der Waals surface area contributed by atoms with Crippen molar-refractivity contribution in [1.82, 2.24) is 15.1 Å². The smallest absolute Gasteiger partial charge is 0.317 e. The Kier molecular flexibility index (Phi) is 6.91. The average molecular weight is 301 g/mol. The lowest BCUT2D eigenvalue weighted by Gasteiger charge is -2.33. The van der Waals surface area contributed by atoms with Crippen molar-refractivity contribution >= 4 is 12.0 Å². The van der Waals surface area contributed by atoms with Crippen molar-refractivity contribution in [3.05, 3.63) is 0 Å². The highest BCUT2D eigenvalue weighted by Gasteiger charge is 2.40. The van der Waals surface area contributed by atoms with Gasteiger partial charge in [-0.05, 0) is 39.9 Å². The number of amides is 2. The lowest BCUT2D eigenvalue weighted by atomic mass is 9.80. The van der Waals surface area contributed by atoms with Gasteiger partial charge in [0.15, 0.2) is 0 Å². The third-order valence-electron chi connectivity index (χ3n) is 3.93. The largest absolute Gasteiger partial charge is 0.481 e. The van der Waals surface area contributed by atoms with Crippen LogP contribution in [0.15, 0.2) is 0 Å². The Morgan fingerprint density at radius 2 is 1.81 bits per heavy atom. The van der Waals surface area contributed by atoms with Gasteiger partial charge in [0.05, 0.1) is 5.41 Å². The summed E-state index contributed by atoms with van der Waals surface area (Å²) in [5.74, 6) is -0.860. The van der Waals surface area contributed by atoms with Gasteiger partial charge in [-0.2, -0.15) is 0 Å². The molecule has 0 aromatic heterocycles. The maximum atomic E-state index is 12.0. The van der Waals surface area contributed by atoms with Gasteiger partial charge in [-0.25, -0.2) is 4.79 Å². The molecule has 0 aromatic rings. The van der Waals surface area contributed by atoms with Crippen LogP contribution in [0.25, 0.3) is 0 Å². The monoisotopic (exact) mass is 301 g/mol. The summed E-state index contributed by atoms with van der Waals surface area (Å²) in [5, 5.41) is 12.2. The quantitative estimate of drug-likeness (QED) is 0.714. The van der Waals surface area contributed by atoms with Crippen LogP contribution in [0.5, 0.6) is 0 Å². The van der Waals surface area contributed by atoms with Crippen LogP contribution in [0.4, 0.5) is 4.79 Å². The van der Waals surface area contributed by atoms with Crippen LogP contribution in [0.2, 0.25) is 0 Å². The van der Waals surface area contributed by atoms with E-state index in [9.17, 15) is 14.7 Å². The highest BCUT2D eigenvalue weighted by atomic mass is 16.5. The summed E-state index contributed by atoms with van der Waals surface area (Å²) in [6.45, 7) is 2.57. The standard InChI is InChI=1S/C14H27N3O4/c1-16(2)7-4-8-17(3)13(20)15-11-14(12(18)19)5-9-21-10-6-14/h4-11H2,1-3H3,(H,15,20)(H,18,19). The minimum atomic E-state index is -0.890. The Bertz CT molecular complexity index is 354. The van der Waals surface area contributed by atoms with E-state index in [4.69, 9.17) is 4.74 Å². The summed E-state index contributed by atoms with van der Waals surface area (Å²) in [4.78, 5) is 27.1. The zero-order chi connectivity index (χ0) is 15.9. The van der Waals surface area contributed by atoms with Crippen LogP contribution >= 0.6 is 0 Å². The number of nitrogens with zero attached hydrogens (tertiary/aromatic N) is 2. The third kappa shape index (κ3) is 5.51. The molecule has 21 heavy (non-hydrogen) atoms. The highest BCUT2D eigenvalue weighted by Crippen LogP contribution is 2.30. The molecule has 0 spiro atoms. The molecule has 1 rings (SSSR count). The van der Waals surface area contributed by atoms with E-state index in [0.717, 1.165) is 13.0 Å². The van der Waals surface area contributed by atoms with Gasteiger partial charge in [-0.3, -0.25) is 4.79 Å². The van der Waals surface area contributed by atoms with Gasteiger partial charge >= 0.3 is 12.0 Å². The summed E-state index contributed by atoms with van der Waals surface area (Å²) < 4.78 is 5.21. The van der Waals surface area contributed by atoms with Crippen LogP contribution in [0.3, 0.4) is 0 Å². The lowest BCUT2D eigenvalue weighted by molar-refractivity contribution is -0.154. The predicted molar refractivity (Wildman–Crippen MR) is 79.3 cm³/mol. The number of carboxylic acids is 1. The van der Waals surface area contributed by atoms with E-state index >= 15 is 0 Å². The van der Waals surface area contributed by atoms with E-state index in [1.807, 2.05) is 14.1 Å². The van der Waals surface area contributed by atoms with Crippen molar-refractivity contribution in [2.75, 3.05) is 54.0 Å². The summed E-state index contributed by atoms with van der Waals surface area (Å²) in [6, 6.07) is -0.221. The number of hydrogen-bond acceptors (Lipinski definition) is 4. The molecule has 0 aromatic carbocycles. The van der Waals surface area contributed by atoms with Crippen molar-refractivity contribution in [3.8, 4) is 0 Å². The van der Waals surface area contributed by atoms with Gasteiger partial charge in [-0.1, -0.05) is 0 Å². The Balaban J connectivity index is 2.40. The van der Waals surface area contributed by atoms with Gasteiger partial charge in [0, 0.05) is 33.4 Å². The molecule has 122 valence electrons. The zero-order valence-electron chi connectivity index (χ0n) is 13.2. The third-order valence-corrected chi connectivity index (χ3v) is 3.93. The van der Waals surface area contributed by atoms with Gasteiger partial charge in [0.2, 0.25) is 0 Å². The second kappa shape index (κ2) is 8.19. The number of hydrogen-bond donors (Lipinski definition) is 2. The average Bonchev–Trinajstić information content (AvgIpc) is 2.45. The van der Waals surface area contributed by atoms with Crippen LogP contribution in [0, 0.1) is 5.41 Å². The SMILES string of the molecule is CN(C)CCCN(C)C(=O)NCC1(C(=O)O)CCOCC1. The number of rotatable bonds is 7. The fourth-order valence-corrected chi connectivity index (χ4v) is 2.33. The van der Waals surface area contributed by atoms with Gasteiger partial charge in [0.25, 0.3) is 0 Å². The summed E-state index contributed by atoms with van der Waals surface area (Å²) >= 11 is 0. The summed E-state index contributed by atoms with van der Waals surface area (Å²) in [6.07, 6.45) is 1.76. The fraction of sp³-hybridized carbons (Fsp3) is 0.857. The second-order valence-electron chi connectivity index (χ2n) is 5.93. The number of urea groups is 1. The molecule has 2 amide bonds. The number of carboxylic acid groups (broad SMARTS) is 1. The normalized spacial score (nSPS) is 17.5. The molecular formula is C14H27N3O4. The van der Waals surface area contributed by atoms with Gasteiger partial charge < -0.3 is 25.0 Å². The Morgan fingerprint density at radius 1 is 1.19 bits per heavy atom. The molecule has 0 atom stereocenters. The van der Waals surface area contributed by atoms with Crippen molar-refractivity contribution in [2.24, 2.45) is 5.41 Å². The minimum absolute atomic E-state index is 0.155. The van der Waals surface area contributed by atoms with Crippen molar-refractivity contribution in [1.29, 1.82) is 0 Å². The molecule has 7 heteroatoms. The number of carbonyl (C=O) groups excluding carboxylic acids is 1. The second-order valence-corrected chi connectivity index (χ2v) is 5.93. The molecule has 1 fully saturated rings. The molecule has 0 aliphatic carbocycles. The summed E-state index contributed by atoms with van der Waals surface area (Å²) in [5.41, 5.74) is -0.890. The number of nitrogens with one attached hydrogen (secondary N) is 1. The lowest BCUT2D eigenvalue weighted by Crippen LogP contribution is -2.49. The van der Waals surface area contributed by atoms with E-state index in [1.54, 1.807) is 11.9 Å². The first kappa shape index (κ1) is 17.7. The molecule has 7 nitrogen and oxygen atoms in total. The Morgan fingerprint density at radius 3 is 2.33 bits per heavy atom. The molecule has 1 heterocycles. The van der Waals surface area contributed by atoms with E-state index < -0.39 is 11.4 Å². The fourth-order valence-electron chi connectivity index (χ4n) is 2.33. The Hall–Kier alpha value is -1.34. The summed E-state index contributed by atoms with van der Waals surface area (Å²) in [7, 11) is 5.70. The molecule has 1 saturated heterocycles. The number of carbonyl (C=O) groups is 2. The first-order valence-electron chi connectivity index (χ1n) is 7.32. The molecule has 1 aliphatic heterocycles. The van der Waals surface area contributed by atoms with Crippen LogP contribution < -0.4 is 5.32 Å². The van der Waals surface area contributed by atoms with Crippen LogP contribution in [-0.4, -0.2) is 80.9 Å². The number of ether oxygens (including phenoxy) is 1. The molecule has 1 aliphatic rings. The van der Waals surface area contributed by atoms with Crippen molar-refractivity contribution in [2.45, 2.75) is 19.3 Å². The topological polar surface area (TPSA) is 82.1 Å². The maximum Gasteiger partial charge on any atom is 0.317 e. The minimum Gasteiger partial charge on any atom is -0.481 e. The molecule has 0 bridgehead atoms. The van der Waals surface area contributed by atoms with Crippen molar-refractivity contribution < 1.29 is 19.4 Å². The van der Waals surface area contributed by atoms with E-state index in [0.29, 0.717) is 32.6 Å². The number of aliphatic carboxylic acids is 1. The van der Waals surface area contributed by atoms with Crippen molar-refractivity contribution in [3.63, 3.8) is 0 Å². The van der Waals surface area contributed by atoms with E-state index in [-0.39, 0.29) is 12.6 Å². The van der Waals surface area contributed by atoms with Gasteiger partial charge in [0.1, 0.15) is 0 Å². The predicted octanol–water partition coefficient (Wildman–Crippen LogP) is 0.461. The molecular weight excluding hydrogens is 274 g/mol. The van der Waals surface area contributed by atoms with E-state index in [2.05, 4.69) is 10.2 Å². The molecule has 0 saturated carbocycles. The first-order chi connectivity index (χ1) is 9.87. The Labute approximate surface area is 126 Å².